The van der Waals surface area contributed by atoms with Crippen LogP contribution in [-0.2, 0) is 16.0 Å². The minimum absolute atomic E-state index is 0.0938. The first-order chi connectivity index (χ1) is 11.0. The number of nitrogens with one attached hydrogen (secondary N) is 1. The van der Waals surface area contributed by atoms with Gasteiger partial charge in [0.1, 0.15) is 0 Å². The van der Waals surface area contributed by atoms with E-state index in [0.29, 0.717) is 12.5 Å². The van der Waals surface area contributed by atoms with E-state index in [9.17, 15) is 4.79 Å². The van der Waals surface area contributed by atoms with E-state index in [1.165, 1.54) is 0 Å². The summed E-state index contributed by atoms with van der Waals surface area (Å²) in [4.78, 5) is 25.5. The maximum absolute atomic E-state index is 12.0. The molecule has 1 aromatic heterocycles. The van der Waals surface area contributed by atoms with E-state index in [4.69, 9.17) is 15.6 Å². The molecule has 1 rings (SSSR count). The van der Waals surface area contributed by atoms with Gasteiger partial charge in [-0.3, -0.25) is 9.59 Å². The van der Waals surface area contributed by atoms with Gasteiger partial charge in [-0.2, -0.15) is 11.8 Å². The summed E-state index contributed by atoms with van der Waals surface area (Å²) in [5, 5.41) is 13.5. The molecule has 0 saturated heterocycles. The number of carbonyl (C=O) groups is 2. The Morgan fingerprint density at radius 2 is 2.00 bits per heavy atom. The molecule has 0 aliphatic carbocycles. The monoisotopic (exact) mass is 375 g/mol. The van der Waals surface area contributed by atoms with Crippen LogP contribution in [0.15, 0.2) is 5.38 Å². The summed E-state index contributed by atoms with van der Waals surface area (Å²) < 4.78 is -0.254. The number of carboxylic acids is 1. The molecule has 1 heterocycles. The molecule has 6 nitrogen and oxygen atoms in total. The van der Waals surface area contributed by atoms with Gasteiger partial charge in [0, 0.05) is 35.9 Å². The number of carboxylic acid groups (broad SMARTS) is 1. The number of hydrogen-bond acceptors (Lipinski definition) is 6. The van der Waals surface area contributed by atoms with Crippen molar-refractivity contribution >= 4 is 35.0 Å². The van der Waals surface area contributed by atoms with Crippen molar-refractivity contribution in [2.75, 3.05) is 12.8 Å². The summed E-state index contributed by atoms with van der Waals surface area (Å²) in [5.41, 5.74) is 7.02. The Bertz CT molecular complexity index is 526. The average Bonchev–Trinajstić information content (AvgIpc) is 2.94. The van der Waals surface area contributed by atoms with Crippen LogP contribution in [0.4, 0.5) is 0 Å². The lowest BCUT2D eigenvalue weighted by Gasteiger charge is -2.28. The third-order valence-electron chi connectivity index (χ3n) is 3.30. The van der Waals surface area contributed by atoms with Crippen LogP contribution in [0.25, 0.3) is 0 Å². The van der Waals surface area contributed by atoms with Gasteiger partial charge in [0.2, 0.25) is 5.91 Å². The van der Waals surface area contributed by atoms with E-state index >= 15 is 0 Å². The molecular formula is C16H29N3O3S2. The molecule has 0 fully saturated rings. The predicted molar refractivity (Wildman–Crippen MR) is 102 cm³/mol. The fourth-order valence-electron chi connectivity index (χ4n) is 1.57. The van der Waals surface area contributed by atoms with E-state index in [1.54, 1.807) is 23.1 Å². The third-order valence-corrected chi connectivity index (χ3v) is 5.80. The van der Waals surface area contributed by atoms with Crippen molar-refractivity contribution in [2.45, 2.75) is 57.7 Å². The van der Waals surface area contributed by atoms with Gasteiger partial charge in [0.25, 0.3) is 5.97 Å². The number of carbonyl (C=O) groups excluding carboxylic acids is 1. The number of thiazole rings is 1. The number of thioether (sulfide) groups is 1. The molecule has 1 amide bonds. The summed E-state index contributed by atoms with van der Waals surface area (Å²) in [7, 11) is 0. The zero-order valence-corrected chi connectivity index (χ0v) is 16.9. The zero-order valence-electron chi connectivity index (χ0n) is 15.3. The van der Waals surface area contributed by atoms with Gasteiger partial charge in [0.05, 0.1) is 16.7 Å². The Hall–Kier alpha value is -1.12. The number of nitrogens with zero attached hydrogens (tertiary/aromatic N) is 1. The fourth-order valence-corrected chi connectivity index (χ4v) is 2.80. The quantitative estimate of drug-likeness (QED) is 0.676. The Kier molecular flexibility index (Phi) is 10.2. The second-order valence-corrected chi connectivity index (χ2v) is 8.53. The molecule has 8 heteroatoms. The Balaban J connectivity index is 0.00000118. The summed E-state index contributed by atoms with van der Waals surface area (Å²) in [6, 6.07) is -0.501. The Labute approximate surface area is 152 Å². The summed E-state index contributed by atoms with van der Waals surface area (Å²) in [6.45, 7) is 9.90. The largest absolute Gasteiger partial charge is 0.481 e. The molecule has 0 spiro atoms. The number of hydrogen-bond donors (Lipinski definition) is 3. The van der Waals surface area contributed by atoms with Crippen LogP contribution in [0.3, 0.4) is 0 Å². The van der Waals surface area contributed by atoms with E-state index < -0.39 is 12.0 Å². The molecule has 1 aromatic rings. The normalized spacial score (nSPS) is 12.3. The van der Waals surface area contributed by atoms with Crippen LogP contribution < -0.4 is 11.1 Å². The van der Waals surface area contributed by atoms with E-state index in [1.807, 2.05) is 20.1 Å². The van der Waals surface area contributed by atoms with Crippen LogP contribution >= 0.6 is 23.1 Å². The van der Waals surface area contributed by atoms with Crippen LogP contribution in [0.5, 0.6) is 0 Å². The topological polar surface area (TPSA) is 105 Å². The lowest BCUT2D eigenvalue weighted by atomic mass is 10.0. The third kappa shape index (κ3) is 8.65. The van der Waals surface area contributed by atoms with Crippen molar-refractivity contribution in [2.24, 2.45) is 5.73 Å². The highest BCUT2D eigenvalue weighted by atomic mass is 32.2. The number of aromatic nitrogens is 1. The lowest BCUT2D eigenvalue weighted by molar-refractivity contribution is -0.134. The summed E-state index contributed by atoms with van der Waals surface area (Å²) in [5.74, 6) is -0.470. The number of nitrogens with two attached hydrogens (primary N) is 1. The van der Waals surface area contributed by atoms with Crippen molar-refractivity contribution in [3.8, 4) is 0 Å². The van der Waals surface area contributed by atoms with Gasteiger partial charge in [-0.25, -0.2) is 4.98 Å². The molecule has 1 atom stereocenters. The molecule has 0 aromatic carbocycles. The molecule has 4 N–H and O–H groups in total. The molecule has 0 aliphatic heterocycles. The minimum atomic E-state index is -0.833. The molecule has 138 valence electrons. The van der Waals surface area contributed by atoms with Gasteiger partial charge < -0.3 is 16.2 Å². The Morgan fingerprint density at radius 1 is 1.46 bits per heavy atom. The maximum Gasteiger partial charge on any atom is 0.300 e. The standard InChI is InChI=1S/C14H25N3OS2.C2H4O2/c1-9(2)13-17-10(8-20-13)6-7-16-12(18)11(15)14(3,4)19-5;1-2(3)4/h8-9,11H,6-7,15H2,1-5H3,(H,16,18);1H3,(H,3,4)/t11-;/m1./s1. The highest BCUT2D eigenvalue weighted by molar-refractivity contribution is 8.00. The summed E-state index contributed by atoms with van der Waals surface area (Å²) >= 11 is 3.28. The van der Waals surface area contributed by atoms with Gasteiger partial charge in [-0.15, -0.1) is 11.3 Å². The van der Waals surface area contributed by atoms with Crippen molar-refractivity contribution < 1.29 is 14.7 Å². The van der Waals surface area contributed by atoms with Gasteiger partial charge in [-0.05, 0) is 20.1 Å². The smallest absolute Gasteiger partial charge is 0.300 e. The fraction of sp³-hybridized carbons (Fsp3) is 0.688. The van der Waals surface area contributed by atoms with E-state index in [0.717, 1.165) is 24.0 Å². The van der Waals surface area contributed by atoms with Crippen LogP contribution in [0, 0.1) is 0 Å². The minimum Gasteiger partial charge on any atom is -0.481 e. The first-order valence-electron chi connectivity index (χ1n) is 7.73. The molecule has 24 heavy (non-hydrogen) atoms. The van der Waals surface area contributed by atoms with Crippen molar-refractivity contribution in [3.63, 3.8) is 0 Å². The van der Waals surface area contributed by atoms with Gasteiger partial charge in [0.15, 0.2) is 0 Å². The summed E-state index contributed by atoms with van der Waals surface area (Å²) in [6.07, 6.45) is 2.72. The number of amides is 1. The van der Waals surface area contributed by atoms with Gasteiger partial charge >= 0.3 is 0 Å². The molecule has 0 bridgehead atoms. The van der Waals surface area contributed by atoms with Gasteiger partial charge in [-0.1, -0.05) is 13.8 Å². The van der Waals surface area contributed by atoms with E-state index in [2.05, 4.69) is 29.5 Å². The average molecular weight is 376 g/mol. The highest BCUT2D eigenvalue weighted by Crippen LogP contribution is 2.24. The number of rotatable bonds is 7. The van der Waals surface area contributed by atoms with Crippen molar-refractivity contribution in [1.29, 1.82) is 0 Å². The van der Waals surface area contributed by atoms with Crippen molar-refractivity contribution in [1.82, 2.24) is 10.3 Å². The molecular weight excluding hydrogens is 346 g/mol. The molecule has 0 unspecified atom stereocenters. The lowest BCUT2D eigenvalue weighted by Crippen LogP contribution is -2.52. The second kappa shape index (κ2) is 10.7. The maximum atomic E-state index is 12.0. The predicted octanol–water partition coefficient (Wildman–Crippen LogP) is 2.49. The van der Waals surface area contributed by atoms with Crippen LogP contribution in [0.2, 0.25) is 0 Å². The van der Waals surface area contributed by atoms with Crippen LogP contribution in [-0.4, -0.2) is 45.6 Å². The molecule has 0 saturated carbocycles. The SMILES string of the molecule is CC(=O)O.CSC(C)(C)[C@H](N)C(=O)NCCc1csc(C(C)C)n1. The molecule has 0 radical (unpaired) electrons. The second-order valence-electron chi connectivity index (χ2n) is 6.18. The van der Waals surface area contributed by atoms with Crippen LogP contribution in [0.1, 0.15) is 51.2 Å². The molecule has 0 aliphatic rings. The van der Waals surface area contributed by atoms with Crippen molar-refractivity contribution in [3.05, 3.63) is 16.1 Å². The highest BCUT2D eigenvalue weighted by Gasteiger charge is 2.30. The van der Waals surface area contributed by atoms with E-state index in [-0.39, 0.29) is 10.7 Å². The Morgan fingerprint density at radius 3 is 2.42 bits per heavy atom. The first-order valence-corrected chi connectivity index (χ1v) is 9.84. The first kappa shape index (κ1) is 22.9. The number of aliphatic carboxylic acids is 1. The zero-order chi connectivity index (χ0) is 18.9.